The Labute approximate surface area is 124 Å². The van der Waals surface area contributed by atoms with Crippen molar-refractivity contribution in [2.24, 2.45) is 5.73 Å². The van der Waals surface area contributed by atoms with Gasteiger partial charge >= 0.3 is 0 Å². The Morgan fingerprint density at radius 1 is 1.45 bits per heavy atom. The van der Waals surface area contributed by atoms with Gasteiger partial charge in [0.05, 0.1) is 5.60 Å². The SMILES string of the molecule is CCOC1(C(N)Cc2c(F)cccc2Cl)CCOCC1. The predicted molar refractivity (Wildman–Crippen MR) is 77.5 cm³/mol. The van der Waals surface area contributed by atoms with Crippen molar-refractivity contribution in [1.82, 2.24) is 0 Å². The number of hydrogen-bond donors (Lipinski definition) is 1. The van der Waals surface area contributed by atoms with E-state index in [1.54, 1.807) is 12.1 Å². The van der Waals surface area contributed by atoms with Crippen LogP contribution in [0.3, 0.4) is 0 Å². The molecule has 0 amide bonds. The lowest BCUT2D eigenvalue weighted by Gasteiger charge is -2.41. The van der Waals surface area contributed by atoms with Gasteiger partial charge in [-0.2, -0.15) is 0 Å². The highest BCUT2D eigenvalue weighted by Gasteiger charge is 2.39. The molecule has 112 valence electrons. The summed E-state index contributed by atoms with van der Waals surface area (Å²) in [6.07, 6.45) is 1.83. The Morgan fingerprint density at radius 3 is 2.75 bits per heavy atom. The first-order valence-corrected chi connectivity index (χ1v) is 7.37. The van der Waals surface area contributed by atoms with Crippen LogP contribution in [0.15, 0.2) is 18.2 Å². The predicted octanol–water partition coefficient (Wildman–Crippen LogP) is 2.93. The van der Waals surface area contributed by atoms with E-state index in [1.807, 2.05) is 6.92 Å². The first-order chi connectivity index (χ1) is 9.59. The minimum atomic E-state index is -0.446. The van der Waals surface area contributed by atoms with E-state index in [0.717, 1.165) is 12.8 Å². The van der Waals surface area contributed by atoms with Crippen LogP contribution in [0, 0.1) is 5.82 Å². The summed E-state index contributed by atoms with van der Waals surface area (Å²) in [5, 5.41) is 0.416. The topological polar surface area (TPSA) is 44.5 Å². The normalized spacial score (nSPS) is 19.8. The molecule has 0 spiro atoms. The zero-order valence-corrected chi connectivity index (χ0v) is 12.5. The van der Waals surface area contributed by atoms with E-state index >= 15 is 0 Å². The number of nitrogens with two attached hydrogens (primary N) is 1. The van der Waals surface area contributed by atoms with Crippen LogP contribution in [0.2, 0.25) is 5.02 Å². The van der Waals surface area contributed by atoms with Crippen LogP contribution in [-0.4, -0.2) is 31.5 Å². The van der Waals surface area contributed by atoms with Crippen LogP contribution >= 0.6 is 11.6 Å². The number of benzene rings is 1. The molecule has 2 rings (SSSR count). The molecule has 0 bridgehead atoms. The van der Waals surface area contributed by atoms with Gasteiger partial charge in [-0.3, -0.25) is 0 Å². The van der Waals surface area contributed by atoms with Crippen LogP contribution in [0.1, 0.15) is 25.3 Å². The molecular formula is C15H21ClFNO2. The minimum absolute atomic E-state index is 0.305. The van der Waals surface area contributed by atoms with E-state index in [9.17, 15) is 4.39 Å². The molecule has 1 atom stereocenters. The first-order valence-electron chi connectivity index (χ1n) is 6.99. The zero-order chi connectivity index (χ0) is 14.6. The maximum Gasteiger partial charge on any atom is 0.127 e. The summed E-state index contributed by atoms with van der Waals surface area (Å²) < 4.78 is 25.2. The van der Waals surface area contributed by atoms with Gasteiger partial charge in [0, 0.05) is 49.3 Å². The van der Waals surface area contributed by atoms with E-state index in [0.29, 0.717) is 36.8 Å². The van der Waals surface area contributed by atoms with E-state index in [1.165, 1.54) is 6.07 Å². The van der Waals surface area contributed by atoms with Crippen molar-refractivity contribution in [3.05, 3.63) is 34.6 Å². The highest BCUT2D eigenvalue weighted by atomic mass is 35.5. The minimum Gasteiger partial charge on any atom is -0.381 e. The molecule has 1 heterocycles. The largest absolute Gasteiger partial charge is 0.381 e. The molecule has 3 nitrogen and oxygen atoms in total. The zero-order valence-electron chi connectivity index (χ0n) is 11.7. The van der Waals surface area contributed by atoms with Crippen molar-refractivity contribution < 1.29 is 13.9 Å². The van der Waals surface area contributed by atoms with Crippen molar-refractivity contribution in [3.63, 3.8) is 0 Å². The Bertz CT molecular complexity index is 424. The van der Waals surface area contributed by atoms with Crippen molar-refractivity contribution in [2.75, 3.05) is 19.8 Å². The van der Waals surface area contributed by atoms with Crippen molar-refractivity contribution in [2.45, 2.75) is 37.8 Å². The quantitative estimate of drug-likeness (QED) is 0.909. The third-order valence-electron chi connectivity index (χ3n) is 3.93. The van der Waals surface area contributed by atoms with Gasteiger partial charge in [-0.15, -0.1) is 0 Å². The summed E-state index contributed by atoms with van der Waals surface area (Å²) in [5.41, 5.74) is 6.35. The van der Waals surface area contributed by atoms with Crippen molar-refractivity contribution in [1.29, 1.82) is 0 Å². The van der Waals surface area contributed by atoms with Crippen LogP contribution < -0.4 is 5.73 Å². The fourth-order valence-corrected chi connectivity index (χ4v) is 3.00. The van der Waals surface area contributed by atoms with Crippen LogP contribution in [0.25, 0.3) is 0 Å². The Balaban J connectivity index is 2.18. The molecule has 1 unspecified atom stereocenters. The number of hydrogen-bond acceptors (Lipinski definition) is 3. The molecule has 0 radical (unpaired) electrons. The van der Waals surface area contributed by atoms with Gasteiger partial charge in [-0.25, -0.2) is 4.39 Å². The van der Waals surface area contributed by atoms with Gasteiger partial charge in [0.25, 0.3) is 0 Å². The van der Waals surface area contributed by atoms with Crippen LogP contribution in [0.5, 0.6) is 0 Å². The standard InChI is InChI=1S/C15H21ClFNO2/c1-2-20-15(6-8-19-9-7-15)14(18)10-11-12(16)4-3-5-13(11)17/h3-5,14H,2,6-10,18H2,1H3. The first kappa shape index (κ1) is 15.7. The van der Waals surface area contributed by atoms with Crippen LogP contribution in [0.4, 0.5) is 4.39 Å². The van der Waals surface area contributed by atoms with E-state index in [4.69, 9.17) is 26.8 Å². The molecule has 1 saturated heterocycles. The average Bonchev–Trinajstić information content (AvgIpc) is 2.44. The second kappa shape index (κ2) is 6.85. The third kappa shape index (κ3) is 3.31. The molecule has 0 saturated carbocycles. The van der Waals surface area contributed by atoms with Gasteiger partial charge in [0.15, 0.2) is 0 Å². The molecular weight excluding hydrogens is 281 g/mol. The maximum atomic E-state index is 13.9. The number of halogens is 2. The maximum absolute atomic E-state index is 13.9. The molecule has 1 fully saturated rings. The summed E-state index contributed by atoms with van der Waals surface area (Å²) in [6.45, 7) is 3.77. The summed E-state index contributed by atoms with van der Waals surface area (Å²) >= 11 is 6.07. The van der Waals surface area contributed by atoms with Gasteiger partial charge in [-0.05, 0) is 25.5 Å². The lowest BCUT2D eigenvalue weighted by Crippen LogP contribution is -2.54. The highest BCUT2D eigenvalue weighted by molar-refractivity contribution is 6.31. The summed E-state index contributed by atoms with van der Waals surface area (Å²) in [6, 6.07) is 4.38. The monoisotopic (exact) mass is 301 g/mol. The summed E-state index contributed by atoms with van der Waals surface area (Å²) in [4.78, 5) is 0. The van der Waals surface area contributed by atoms with Gasteiger partial charge < -0.3 is 15.2 Å². The van der Waals surface area contributed by atoms with Crippen molar-refractivity contribution >= 4 is 11.6 Å². The van der Waals surface area contributed by atoms with E-state index < -0.39 is 5.60 Å². The molecule has 0 aromatic heterocycles. The highest BCUT2D eigenvalue weighted by Crippen LogP contribution is 2.31. The Kier molecular flexibility index (Phi) is 5.38. The number of rotatable bonds is 5. The third-order valence-corrected chi connectivity index (χ3v) is 4.29. The molecule has 1 aliphatic rings. The van der Waals surface area contributed by atoms with Crippen molar-refractivity contribution in [3.8, 4) is 0 Å². The molecule has 1 aromatic carbocycles. The Hall–Kier alpha value is -0.680. The van der Waals surface area contributed by atoms with Gasteiger partial charge in [0.1, 0.15) is 5.82 Å². The van der Waals surface area contributed by atoms with E-state index in [2.05, 4.69) is 0 Å². The smallest absolute Gasteiger partial charge is 0.127 e. The summed E-state index contributed by atoms with van der Waals surface area (Å²) in [7, 11) is 0. The fraction of sp³-hybridized carbons (Fsp3) is 0.600. The van der Waals surface area contributed by atoms with Gasteiger partial charge in [0.2, 0.25) is 0 Å². The van der Waals surface area contributed by atoms with Gasteiger partial charge in [-0.1, -0.05) is 17.7 Å². The average molecular weight is 302 g/mol. The van der Waals surface area contributed by atoms with E-state index in [-0.39, 0.29) is 11.9 Å². The lowest BCUT2D eigenvalue weighted by molar-refractivity contribution is -0.120. The molecule has 2 N–H and O–H groups in total. The summed E-state index contributed by atoms with van der Waals surface area (Å²) in [5.74, 6) is -0.313. The molecule has 1 aliphatic heterocycles. The number of ether oxygens (including phenoxy) is 2. The van der Waals surface area contributed by atoms with Crippen LogP contribution in [-0.2, 0) is 15.9 Å². The second-order valence-corrected chi connectivity index (χ2v) is 5.53. The molecule has 1 aromatic rings. The Morgan fingerprint density at radius 2 is 2.15 bits per heavy atom. The lowest BCUT2D eigenvalue weighted by atomic mass is 9.83. The fourth-order valence-electron chi connectivity index (χ4n) is 2.76. The molecule has 20 heavy (non-hydrogen) atoms. The molecule has 5 heteroatoms. The second-order valence-electron chi connectivity index (χ2n) is 5.12. The molecule has 0 aliphatic carbocycles.